The van der Waals surface area contributed by atoms with E-state index in [9.17, 15) is 9.59 Å². The summed E-state index contributed by atoms with van der Waals surface area (Å²) in [5.41, 5.74) is -0.741. The number of rotatable bonds is 2. The lowest BCUT2D eigenvalue weighted by molar-refractivity contribution is -0.742. The molecular formula is C7H6N2O7. The average Bonchev–Trinajstić information content (AvgIpc) is 2.16. The van der Waals surface area contributed by atoms with E-state index in [1.807, 2.05) is 0 Å². The molecule has 86 valence electrons. The van der Waals surface area contributed by atoms with Gasteiger partial charge < -0.3 is 15.4 Å². The molecule has 16 heavy (non-hydrogen) atoms. The van der Waals surface area contributed by atoms with Gasteiger partial charge in [0.05, 0.1) is 5.56 Å². The fraction of sp³-hybridized carbons (Fsp3) is 0. The van der Waals surface area contributed by atoms with Gasteiger partial charge in [0.15, 0.2) is 5.69 Å². The van der Waals surface area contributed by atoms with Crippen LogP contribution in [0.3, 0.4) is 0 Å². The Hall–Kier alpha value is -2.71. The molecule has 0 aliphatic carbocycles. The highest BCUT2D eigenvalue weighted by molar-refractivity contribution is 5.99. The van der Waals surface area contributed by atoms with Crippen LogP contribution in [0.4, 0.5) is 0 Å². The van der Waals surface area contributed by atoms with E-state index in [4.69, 9.17) is 25.5 Å². The number of pyridine rings is 1. The summed E-state index contributed by atoms with van der Waals surface area (Å²) in [5, 5.41) is 30.6. The molecule has 0 atom stereocenters. The quantitative estimate of drug-likeness (QED) is 0.478. The van der Waals surface area contributed by atoms with E-state index < -0.39 is 22.7 Å². The Morgan fingerprint density at radius 1 is 1.31 bits per heavy atom. The molecule has 0 aliphatic heterocycles. The van der Waals surface area contributed by atoms with Crippen molar-refractivity contribution in [3.8, 4) is 0 Å². The summed E-state index contributed by atoms with van der Waals surface area (Å²) in [5.74, 6) is -2.63. The second-order valence-electron chi connectivity index (χ2n) is 2.25. The summed E-state index contributed by atoms with van der Waals surface area (Å²) >= 11 is 0. The van der Waals surface area contributed by atoms with E-state index in [1.54, 1.807) is 0 Å². The Bertz CT molecular complexity index is 380. The lowest BCUT2D eigenvalue weighted by Gasteiger charge is -1.97. The zero-order valence-corrected chi connectivity index (χ0v) is 7.60. The van der Waals surface area contributed by atoms with Crippen molar-refractivity contribution in [2.45, 2.75) is 0 Å². The van der Waals surface area contributed by atoms with Crippen LogP contribution in [0, 0.1) is 10.1 Å². The fourth-order valence-electron chi connectivity index (χ4n) is 0.748. The number of carbonyl (C=O) groups is 2. The summed E-state index contributed by atoms with van der Waals surface area (Å²) in [4.78, 5) is 32.6. The molecule has 0 aromatic carbocycles. The normalized spacial score (nSPS) is 8.50. The highest BCUT2D eigenvalue weighted by atomic mass is 16.9. The van der Waals surface area contributed by atoms with E-state index in [1.165, 1.54) is 18.3 Å². The topological polar surface area (TPSA) is 151 Å². The third-order valence-corrected chi connectivity index (χ3v) is 1.24. The van der Waals surface area contributed by atoms with Crippen molar-refractivity contribution in [1.29, 1.82) is 0 Å². The van der Waals surface area contributed by atoms with Crippen LogP contribution < -0.4 is 0 Å². The van der Waals surface area contributed by atoms with E-state index in [0.29, 0.717) is 0 Å². The van der Waals surface area contributed by atoms with Gasteiger partial charge in [-0.1, -0.05) is 0 Å². The molecule has 1 aromatic heterocycles. The molecule has 3 N–H and O–H groups in total. The van der Waals surface area contributed by atoms with Gasteiger partial charge in [0.2, 0.25) is 0 Å². The van der Waals surface area contributed by atoms with Gasteiger partial charge in [0.1, 0.15) is 0 Å². The zero-order chi connectivity index (χ0) is 12.7. The average molecular weight is 230 g/mol. The summed E-state index contributed by atoms with van der Waals surface area (Å²) in [6.07, 6.45) is 1.23. The molecule has 0 fully saturated rings. The standard InChI is InChI=1S/C7H5NO4.HNO3/c9-6(10)4-2-1-3-8-5(4)7(11)12;2-1(3)4/h1-3H,(H,9,10)(H,11,12);(H,2,3,4). The Labute approximate surface area is 87.7 Å². The highest BCUT2D eigenvalue weighted by Gasteiger charge is 2.15. The number of nitrogens with zero attached hydrogens (tertiary/aromatic N) is 2. The maximum atomic E-state index is 10.4. The number of carboxylic acid groups (broad SMARTS) is 2. The van der Waals surface area contributed by atoms with Crippen LogP contribution in [0.25, 0.3) is 0 Å². The Morgan fingerprint density at radius 2 is 1.81 bits per heavy atom. The molecule has 1 aromatic rings. The first kappa shape index (κ1) is 13.3. The fourth-order valence-corrected chi connectivity index (χ4v) is 0.748. The Balaban J connectivity index is 0.000000487. The van der Waals surface area contributed by atoms with Crippen LogP contribution in [0.5, 0.6) is 0 Å². The predicted molar refractivity (Wildman–Crippen MR) is 46.9 cm³/mol. The molecule has 0 amide bonds. The molecule has 0 aliphatic rings. The maximum Gasteiger partial charge on any atom is 0.355 e. The summed E-state index contributed by atoms with van der Waals surface area (Å²) < 4.78 is 0. The van der Waals surface area contributed by atoms with Crippen molar-refractivity contribution in [1.82, 2.24) is 4.98 Å². The maximum absolute atomic E-state index is 10.4. The van der Waals surface area contributed by atoms with Crippen molar-refractivity contribution in [3.05, 3.63) is 39.7 Å². The second kappa shape index (κ2) is 5.90. The molecule has 0 spiro atoms. The largest absolute Gasteiger partial charge is 0.478 e. The molecule has 0 saturated heterocycles. The van der Waals surface area contributed by atoms with E-state index in [0.717, 1.165) is 0 Å². The van der Waals surface area contributed by atoms with Gasteiger partial charge in [-0.3, -0.25) is 0 Å². The minimum atomic E-state index is -1.50. The molecule has 0 radical (unpaired) electrons. The molecule has 0 saturated carbocycles. The minimum absolute atomic E-state index is 0.301. The van der Waals surface area contributed by atoms with Gasteiger partial charge >= 0.3 is 11.9 Å². The lowest BCUT2D eigenvalue weighted by atomic mass is 10.2. The van der Waals surface area contributed by atoms with Crippen LogP contribution in [0.15, 0.2) is 18.3 Å². The molecule has 1 rings (SSSR count). The Kier molecular flexibility index (Phi) is 4.90. The summed E-state index contributed by atoms with van der Waals surface area (Å²) in [6, 6.07) is 2.56. The summed E-state index contributed by atoms with van der Waals surface area (Å²) in [7, 11) is 0. The first-order valence-electron chi connectivity index (χ1n) is 3.61. The van der Waals surface area contributed by atoms with Crippen molar-refractivity contribution in [2.24, 2.45) is 0 Å². The highest BCUT2D eigenvalue weighted by Crippen LogP contribution is 2.04. The van der Waals surface area contributed by atoms with Gasteiger partial charge in [-0.15, -0.1) is 10.1 Å². The number of aromatic carboxylic acids is 2. The van der Waals surface area contributed by atoms with Crippen LogP contribution in [0.2, 0.25) is 0 Å². The van der Waals surface area contributed by atoms with Crippen LogP contribution >= 0.6 is 0 Å². The third kappa shape index (κ3) is 4.50. The molecule has 1 heterocycles. The molecule has 9 heteroatoms. The molecule has 0 unspecified atom stereocenters. The monoisotopic (exact) mass is 230 g/mol. The van der Waals surface area contributed by atoms with Gasteiger partial charge in [0, 0.05) is 6.20 Å². The van der Waals surface area contributed by atoms with Gasteiger partial charge in [0.25, 0.3) is 5.09 Å². The van der Waals surface area contributed by atoms with Crippen molar-refractivity contribution >= 4 is 11.9 Å². The molecule has 0 bridgehead atoms. The number of aromatic nitrogens is 1. The summed E-state index contributed by atoms with van der Waals surface area (Å²) in [6.45, 7) is 0. The molecular weight excluding hydrogens is 224 g/mol. The first-order chi connectivity index (χ1) is 7.36. The van der Waals surface area contributed by atoms with Gasteiger partial charge in [-0.05, 0) is 12.1 Å². The van der Waals surface area contributed by atoms with E-state index in [-0.39, 0.29) is 5.56 Å². The van der Waals surface area contributed by atoms with Gasteiger partial charge in [-0.25, -0.2) is 14.6 Å². The van der Waals surface area contributed by atoms with Crippen molar-refractivity contribution < 1.29 is 30.1 Å². The first-order valence-corrected chi connectivity index (χ1v) is 3.61. The zero-order valence-electron chi connectivity index (χ0n) is 7.60. The third-order valence-electron chi connectivity index (χ3n) is 1.24. The predicted octanol–water partition coefficient (Wildman–Crippen LogP) is 0.130. The van der Waals surface area contributed by atoms with Crippen LogP contribution in [-0.2, 0) is 0 Å². The minimum Gasteiger partial charge on any atom is -0.478 e. The Morgan fingerprint density at radius 3 is 2.12 bits per heavy atom. The number of hydrogen-bond acceptors (Lipinski definition) is 5. The van der Waals surface area contributed by atoms with Crippen molar-refractivity contribution in [3.63, 3.8) is 0 Å². The van der Waals surface area contributed by atoms with Crippen molar-refractivity contribution in [2.75, 3.05) is 0 Å². The van der Waals surface area contributed by atoms with E-state index >= 15 is 0 Å². The molecule has 9 nitrogen and oxygen atoms in total. The smallest absolute Gasteiger partial charge is 0.355 e. The lowest BCUT2D eigenvalue weighted by Crippen LogP contribution is -2.09. The van der Waals surface area contributed by atoms with Gasteiger partial charge in [-0.2, -0.15) is 0 Å². The van der Waals surface area contributed by atoms with Crippen LogP contribution in [-0.4, -0.2) is 37.4 Å². The number of carboxylic acids is 2. The van der Waals surface area contributed by atoms with Crippen LogP contribution in [0.1, 0.15) is 20.8 Å². The number of hydrogen-bond donors (Lipinski definition) is 3. The second-order valence-corrected chi connectivity index (χ2v) is 2.25. The van der Waals surface area contributed by atoms with E-state index in [2.05, 4.69) is 4.98 Å². The SMILES string of the molecule is O=C(O)c1cccnc1C(=O)O.O=[N+]([O-])O.